The van der Waals surface area contributed by atoms with Crippen LogP contribution < -0.4 is 4.90 Å². The average Bonchev–Trinajstić information content (AvgIpc) is 2.90. The van der Waals surface area contributed by atoms with Gasteiger partial charge in [-0.05, 0) is 12.1 Å². The minimum absolute atomic E-state index is 1.06. The number of hydrogen-bond donors (Lipinski definition) is 0. The zero-order chi connectivity index (χ0) is 13.2. The third-order valence-electron chi connectivity index (χ3n) is 3.75. The van der Waals surface area contributed by atoms with Gasteiger partial charge >= 0.3 is 0 Å². The van der Waals surface area contributed by atoms with E-state index < -0.39 is 0 Å². The minimum Gasteiger partial charge on any atom is -0.345 e. The van der Waals surface area contributed by atoms with Crippen LogP contribution in [-0.4, -0.2) is 54.8 Å². The van der Waals surface area contributed by atoms with Crippen LogP contribution in [0.2, 0.25) is 0 Å². The molecule has 1 aromatic heterocycles. The maximum absolute atomic E-state index is 4.74. The number of rotatable bonds is 3. The fraction of sp³-hybridized carbons (Fsp3) is 0.500. The van der Waals surface area contributed by atoms with Gasteiger partial charge in [-0.25, -0.2) is 15.0 Å². The highest BCUT2D eigenvalue weighted by molar-refractivity contribution is 7.22. The largest absolute Gasteiger partial charge is 0.345 e. The Hall–Kier alpha value is -1.17. The molecular formula is C14H20N4S. The van der Waals surface area contributed by atoms with Crippen LogP contribution >= 0.6 is 11.3 Å². The van der Waals surface area contributed by atoms with E-state index in [1.54, 1.807) is 11.3 Å². The summed E-state index contributed by atoms with van der Waals surface area (Å²) in [6, 6.07) is 8.38. The molecule has 3 rings (SSSR count). The molecule has 1 saturated heterocycles. The van der Waals surface area contributed by atoms with Crippen molar-refractivity contribution >= 4 is 26.7 Å². The molecule has 0 spiro atoms. The molecule has 5 heteroatoms. The number of piperazine rings is 1. The Labute approximate surface area is 118 Å². The van der Waals surface area contributed by atoms with E-state index >= 15 is 0 Å². The van der Waals surface area contributed by atoms with Gasteiger partial charge in [0.15, 0.2) is 5.13 Å². The number of benzene rings is 1. The van der Waals surface area contributed by atoms with Crippen molar-refractivity contribution in [2.45, 2.75) is 6.92 Å². The SMILES string of the molecule is CCN(C)N1CCN(c2nc3ccccc3s2)CC1. The summed E-state index contributed by atoms with van der Waals surface area (Å²) < 4.78 is 1.28. The zero-order valence-corrected chi connectivity index (χ0v) is 12.4. The normalized spacial score (nSPS) is 17.5. The molecule has 0 amide bonds. The van der Waals surface area contributed by atoms with E-state index in [0.29, 0.717) is 0 Å². The maximum atomic E-state index is 4.74. The van der Waals surface area contributed by atoms with Crippen LogP contribution in [0.1, 0.15) is 6.92 Å². The zero-order valence-electron chi connectivity index (χ0n) is 11.5. The van der Waals surface area contributed by atoms with Gasteiger partial charge in [0.05, 0.1) is 10.2 Å². The third kappa shape index (κ3) is 2.59. The Balaban J connectivity index is 1.71. The first-order chi connectivity index (χ1) is 9.28. The van der Waals surface area contributed by atoms with E-state index in [2.05, 4.69) is 53.2 Å². The number of anilines is 1. The monoisotopic (exact) mass is 276 g/mol. The number of hydrazine groups is 1. The van der Waals surface area contributed by atoms with E-state index in [0.717, 1.165) is 38.2 Å². The van der Waals surface area contributed by atoms with Crippen molar-refractivity contribution in [3.63, 3.8) is 0 Å². The van der Waals surface area contributed by atoms with Crippen molar-refractivity contribution in [1.82, 2.24) is 15.0 Å². The lowest BCUT2D eigenvalue weighted by molar-refractivity contribution is -0.000203. The summed E-state index contributed by atoms with van der Waals surface area (Å²) >= 11 is 1.80. The topological polar surface area (TPSA) is 22.6 Å². The molecule has 0 N–H and O–H groups in total. The molecule has 0 radical (unpaired) electrons. The van der Waals surface area contributed by atoms with E-state index in [-0.39, 0.29) is 0 Å². The Morgan fingerprint density at radius 3 is 2.63 bits per heavy atom. The molecule has 1 aliphatic heterocycles. The number of thiazole rings is 1. The Morgan fingerprint density at radius 2 is 1.95 bits per heavy atom. The number of fused-ring (bicyclic) bond motifs is 1. The second kappa shape index (κ2) is 5.45. The summed E-state index contributed by atoms with van der Waals surface area (Å²) in [6.07, 6.45) is 0. The van der Waals surface area contributed by atoms with Crippen molar-refractivity contribution in [3.8, 4) is 0 Å². The van der Waals surface area contributed by atoms with Crippen LogP contribution in [0.15, 0.2) is 24.3 Å². The van der Waals surface area contributed by atoms with Crippen molar-refractivity contribution in [2.75, 3.05) is 44.7 Å². The van der Waals surface area contributed by atoms with Gasteiger partial charge in [0.1, 0.15) is 0 Å². The lowest BCUT2D eigenvalue weighted by Gasteiger charge is -2.39. The predicted octanol–water partition coefficient (Wildman–Crippen LogP) is 2.29. The molecule has 4 nitrogen and oxygen atoms in total. The van der Waals surface area contributed by atoms with E-state index in [1.807, 2.05) is 0 Å². The predicted molar refractivity (Wildman–Crippen MR) is 81.7 cm³/mol. The molecule has 0 saturated carbocycles. The summed E-state index contributed by atoms with van der Waals surface area (Å²) in [7, 11) is 2.16. The lowest BCUT2D eigenvalue weighted by atomic mass is 10.3. The van der Waals surface area contributed by atoms with E-state index in [1.165, 1.54) is 9.83 Å². The summed E-state index contributed by atoms with van der Waals surface area (Å²) in [5.74, 6) is 0. The van der Waals surface area contributed by atoms with Gasteiger partial charge in [-0.15, -0.1) is 0 Å². The Kier molecular flexibility index (Phi) is 3.68. The number of para-hydroxylation sites is 1. The third-order valence-corrected chi connectivity index (χ3v) is 4.85. The van der Waals surface area contributed by atoms with Crippen molar-refractivity contribution in [1.29, 1.82) is 0 Å². The molecule has 0 bridgehead atoms. The second-order valence-electron chi connectivity index (χ2n) is 4.88. The van der Waals surface area contributed by atoms with Crippen LogP contribution in [-0.2, 0) is 0 Å². The second-order valence-corrected chi connectivity index (χ2v) is 5.89. The molecular weight excluding hydrogens is 256 g/mol. The summed E-state index contributed by atoms with van der Waals surface area (Å²) in [5, 5.41) is 5.89. The van der Waals surface area contributed by atoms with Crippen LogP contribution in [0.25, 0.3) is 10.2 Å². The summed E-state index contributed by atoms with van der Waals surface area (Å²) in [5.41, 5.74) is 1.12. The Morgan fingerprint density at radius 1 is 1.21 bits per heavy atom. The Bertz CT molecular complexity index is 512. The molecule has 0 atom stereocenters. The molecule has 1 aromatic carbocycles. The lowest BCUT2D eigenvalue weighted by Crippen LogP contribution is -2.52. The highest BCUT2D eigenvalue weighted by Crippen LogP contribution is 2.29. The van der Waals surface area contributed by atoms with Gasteiger partial charge in [0.2, 0.25) is 0 Å². The molecule has 2 aromatic rings. The fourth-order valence-corrected chi connectivity index (χ4v) is 3.44. The van der Waals surface area contributed by atoms with Gasteiger partial charge in [-0.2, -0.15) is 0 Å². The summed E-state index contributed by atoms with van der Waals surface area (Å²) in [6.45, 7) is 7.55. The first-order valence-electron chi connectivity index (χ1n) is 6.84. The quantitative estimate of drug-likeness (QED) is 0.858. The van der Waals surface area contributed by atoms with Gasteiger partial charge in [0, 0.05) is 39.8 Å². The van der Waals surface area contributed by atoms with Crippen LogP contribution in [0.4, 0.5) is 5.13 Å². The van der Waals surface area contributed by atoms with Crippen LogP contribution in [0, 0.1) is 0 Å². The molecule has 1 fully saturated rings. The van der Waals surface area contributed by atoms with Gasteiger partial charge in [-0.1, -0.05) is 30.4 Å². The molecule has 1 aliphatic rings. The van der Waals surface area contributed by atoms with E-state index in [9.17, 15) is 0 Å². The average molecular weight is 276 g/mol. The van der Waals surface area contributed by atoms with Crippen LogP contribution in [0.3, 0.4) is 0 Å². The number of aromatic nitrogens is 1. The standard InChI is InChI=1S/C14H20N4S/c1-3-16(2)18-10-8-17(9-11-18)14-15-12-6-4-5-7-13(12)19-14/h4-7H,3,8-11H2,1-2H3. The molecule has 19 heavy (non-hydrogen) atoms. The first-order valence-corrected chi connectivity index (χ1v) is 7.66. The molecule has 0 aliphatic carbocycles. The highest BCUT2D eigenvalue weighted by atomic mass is 32.1. The van der Waals surface area contributed by atoms with Crippen molar-refractivity contribution in [2.24, 2.45) is 0 Å². The van der Waals surface area contributed by atoms with Crippen LogP contribution in [0.5, 0.6) is 0 Å². The summed E-state index contributed by atoms with van der Waals surface area (Å²) in [4.78, 5) is 7.15. The van der Waals surface area contributed by atoms with Crippen molar-refractivity contribution < 1.29 is 0 Å². The molecule has 102 valence electrons. The number of nitrogens with zero attached hydrogens (tertiary/aromatic N) is 4. The van der Waals surface area contributed by atoms with E-state index in [4.69, 9.17) is 4.98 Å². The molecule has 0 unspecified atom stereocenters. The van der Waals surface area contributed by atoms with Gasteiger partial charge < -0.3 is 4.90 Å². The van der Waals surface area contributed by atoms with Crippen molar-refractivity contribution in [3.05, 3.63) is 24.3 Å². The highest BCUT2D eigenvalue weighted by Gasteiger charge is 2.21. The first kappa shape index (κ1) is 12.8. The molecule has 2 heterocycles. The smallest absolute Gasteiger partial charge is 0.186 e. The van der Waals surface area contributed by atoms with Gasteiger partial charge in [0.25, 0.3) is 0 Å². The van der Waals surface area contributed by atoms with Gasteiger partial charge in [-0.3, -0.25) is 0 Å². The minimum atomic E-state index is 1.06. The number of hydrogen-bond acceptors (Lipinski definition) is 5. The fourth-order valence-electron chi connectivity index (χ4n) is 2.42. The maximum Gasteiger partial charge on any atom is 0.186 e.